The first-order valence-electron chi connectivity index (χ1n) is 8.50. The van der Waals surface area contributed by atoms with E-state index < -0.39 is 0 Å². The van der Waals surface area contributed by atoms with Crippen LogP contribution in [0.1, 0.15) is 81.9 Å². The van der Waals surface area contributed by atoms with Crippen molar-refractivity contribution < 1.29 is 0 Å². The van der Waals surface area contributed by atoms with Gasteiger partial charge in [-0.25, -0.2) is 0 Å². The van der Waals surface area contributed by atoms with E-state index in [-0.39, 0.29) is 0 Å². The summed E-state index contributed by atoms with van der Waals surface area (Å²) in [6.45, 7) is 4.50. The van der Waals surface area contributed by atoms with Gasteiger partial charge in [0.05, 0.1) is 0 Å². The van der Waals surface area contributed by atoms with Crippen LogP contribution in [-0.2, 0) is 12.8 Å². The molecule has 0 spiro atoms. The number of rotatable bonds is 10. The summed E-state index contributed by atoms with van der Waals surface area (Å²) < 4.78 is 1.24. The highest BCUT2D eigenvalue weighted by atomic mass is 79.9. The lowest BCUT2D eigenvalue weighted by Crippen LogP contribution is -1.96. The molecular weight excluding hydrogens is 320 g/mol. The highest BCUT2D eigenvalue weighted by Gasteiger charge is 2.07. The molecule has 0 radical (unpaired) electrons. The molecule has 0 fully saturated rings. The Kier molecular flexibility index (Phi) is 9.51. The Morgan fingerprint density at radius 3 is 1.95 bits per heavy atom. The third-order valence-electron chi connectivity index (χ3n) is 4.03. The fourth-order valence-corrected chi connectivity index (χ4v) is 3.27. The molecule has 0 aromatic heterocycles. The number of unbranched alkanes of at least 4 members (excludes halogenated alkanes) is 6. The van der Waals surface area contributed by atoms with E-state index in [0.29, 0.717) is 0 Å². The normalized spacial score (nSPS) is 10.6. The summed E-state index contributed by atoms with van der Waals surface area (Å²) in [6.07, 6.45) is 18.3. The van der Waals surface area contributed by atoms with E-state index in [1.165, 1.54) is 67.0 Å². The Morgan fingerprint density at radius 1 is 0.857 bits per heavy atom. The molecule has 0 atom stereocenters. The van der Waals surface area contributed by atoms with Gasteiger partial charge in [0, 0.05) is 10.0 Å². The minimum Gasteiger partial charge on any atom is -0.115 e. The zero-order valence-corrected chi connectivity index (χ0v) is 15.3. The highest BCUT2D eigenvalue weighted by molar-refractivity contribution is 9.10. The van der Waals surface area contributed by atoms with E-state index in [0.717, 1.165) is 18.4 Å². The molecule has 0 heterocycles. The van der Waals surface area contributed by atoms with E-state index >= 15 is 0 Å². The van der Waals surface area contributed by atoms with Crippen LogP contribution in [0.3, 0.4) is 0 Å². The molecule has 1 rings (SSSR count). The molecule has 0 aliphatic heterocycles. The van der Waals surface area contributed by atoms with Crippen molar-refractivity contribution in [3.8, 4) is 12.3 Å². The second kappa shape index (κ2) is 10.9. The first-order valence-corrected chi connectivity index (χ1v) is 9.30. The maximum Gasteiger partial charge on any atom is 0.0278 e. The third-order valence-corrected chi connectivity index (χ3v) is 4.77. The van der Waals surface area contributed by atoms with Crippen molar-refractivity contribution in [1.82, 2.24) is 0 Å². The van der Waals surface area contributed by atoms with Crippen LogP contribution in [-0.4, -0.2) is 0 Å². The first kappa shape index (κ1) is 18.3. The Morgan fingerprint density at radius 2 is 1.43 bits per heavy atom. The predicted molar refractivity (Wildman–Crippen MR) is 97.8 cm³/mol. The van der Waals surface area contributed by atoms with E-state index in [1.807, 2.05) is 0 Å². The Labute approximate surface area is 139 Å². The summed E-state index contributed by atoms with van der Waals surface area (Å²) in [5.74, 6) is 2.88. The summed E-state index contributed by atoms with van der Waals surface area (Å²) in [6, 6.07) is 4.49. The molecule has 0 bridgehead atoms. The van der Waals surface area contributed by atoms with Crippen LogP contribution in [0.2, 0.25) is 0 Å². The van der Waals surface area contributed by atoms with Crippen molar-refractivity contribution in [3.63, 3.8) is 0 Å². The van der Waals surface area contributed by atoms with Gasteiger partial charge < -0.3 is 0 Å². The van der Waals surface area contributed by atoms with E-state index in [1.54, 1.807) is 0 Å². The van der Waals surface area contributed by atoms with Crippen LogP contribution in [0, 0.1) is 12.3 Å². The molecule has 0 aliphatic rings. The lowest BCUT2D eigenvalue weighted by molar-refractivity contribution is 0.662. The van der Waals surface area contributed by atoms with Gasteiger partial charge >= 0.3 is 0 Å². The molecule has 0 amide bonds. The molecule has 0 saturated heterocycles. The SMILES string of the molecule is C#Cc1cc(CCCCCC)c(Br)cc1CCCCCC. The van der Waals surface area contributed by atoms with Crippen molar-refractivity contribution in [2.24, 2.45) is 0 Å². The van der Waals surface area contributed by atoms with Crippen LogP contribution in [0.5, 0.6) is 0 Å². The lowest BCUT2D eigenvalue weighted by Gasteiger charge is -2.11. The van der Waals surface area contributed by atoms with Gasteiger partial charge in [0.25, 0.3) is 0 Å². The Hall–Kier alpha value is -0.740. The molecule has 0 aliphatic carbocycles. The van der Waals surface area contributed by atoms with Gasteiger partial charge in [-0.15, -0.1) is 6.42 Å². The lowest BCUT2D eigenvalue weighted by atomic mass is 9.97. The topological polar surface area (TPSA) is 0 Å². The number of terminal acetylenes is 1. The minimum atomic E-state index is 1.10. The van der Waals surface area contributed by atoms with Crippen molar-refractivity contribution >= 4 is 15.9 Å². The molecular formula is C20H29Br. The summed E-state index contributed by atoms with van der Waals surface area (Å²) in [7, 11) is 0. The summed E-state index contributed by atoms with van der Waals surface area (Å²) in [5, 5.41) is 0. The van der Waals surface area contributed by atoms with Gasteiger partial charge in [0.2, 0.25) is 0 Å². The minimum absolute atomic E-state index is 1.10. The average Bonchev–Trinajstić information content (AvgIpc) is 2.49. The maximum absolute atomic E-state index is 5.71. The van der Waals surface area contributed by atoms with Crippen LogP contribution >= 0.6 is 15.9 Å². The molecule has 1 heteroatoms. The fourth-order valence-electron chi connectivity index (χ4n) is 2.68. The molecule has 0 N–H and O–H groups in total. The smallest absolute Gasteiger partial charge is 0.0278 e. The number of hydrogen-bond donors (Lipinski definition) is 0. The van der Waals surface area contributed by atoms with Crippen molar-refractivity contribution in [2.75, 3.05) is 0 Å². The van der Waals surface area contributed by atoms with Crippen LogP contribution in [0.15, 0.2) is 16.6 Å². The van der Waals surface area contributed by atoms with E-state index in [2.05, 4.69) is 47.8 Å². The monoisotopic (exact) mass is 348 g/mol. The van der Waals surface area contributed by atoms with Crippen molar-refractivity contribution in [2.45, 2.75) is 78.1 Å². The molecule has 1 aromatic carbocycles. The Balaban J connectivity index is 2.66. The number of benzene rings is 1. The summed E-state index contributed by atoms with van der Waals surface area (Å²) in [4.78, 5) is 0. The second-order valence-corrected chi connectivity index (χ2v) is 6.72. The van der Waals surface area contributed by atoms with Gasteiger partial charge in [-0.2, -0.15) is 0 Å². The van der Waals surface area contributed by atoms with Gasteiger partial charge in [0.15, 0.2) is 0 Å². The zero-order chi connectivity index (χ0) is 15.5. The van der Waals surface area contributed by atoms with Gasteiger partial charge in [-0.3, -0.25) is 0 Å². The number of halogens is 1. The third kappa shape index (κ3) is 6.70. The van der Waals surface area contributed by atoms with E-state index in [4.69, 9.17) is 6.42 Å². The van der Waals surface area contributed by atoms with Crippen molar-refractivity contribution in [1.29, 1.82) is 0 Å². The summed E-state index contributed by atoms with van der Waals surface area (Å²) >= 11 is 3.73. The number of hydrogen-bond acceptors (Lipinski definition) is 0. The summed E-state index contributed by atoms with van der Waals surface area (Å²) in [5.41, 5.74) is 3.80. The van der Waals surface area contributed by atoms with Gasteiger partial charge in [-0.1, -0.05) is 74.2 Å². The standard InChI is InChI=1S/C20H29Br/c1-4-7-9-11-13-18-16-20(21)19(15-17(18)6-3)14-12-10-8-5-2/h3,15-16H,4-5,7-14H2,1-2H3. The fraction of sp³-hybridized carbons (Fsp3) is 0.600. The maximum atomic E-state index is 5.71. The number of aryl methyl sites for hydroxylation is 2. The average molecular weight is 349 g/mol. The highest BCUT2D eigenvalue weighted by Crippen LogP contribution is 2.25. The largest absolute Gasteiger partial charge is 0.115 e. The predicted octanol–water partition coefficient (Wildman–Crippen LogP) is 6.68. The van der Waals surface area contributed by atoms with E-state index in [9.17, 15) is 0 Å². The van der Waals surface area contributed by atoms with Gasteiger partial charge in [-0.05, 0) is 48.9 Å². The first-order chi connectivity index (χ1) is 10.2. The molecule has 0 unspecified atom stereocenters. The molecule has 0 nitrogen and oxygen atoms in total. The molecule has 116 valence electrons. The quantitative estimate of drug-likeness (QED) is 0.327. The van der Waals surface area contributed by atoms with Crippen molar-refractivity contribution in [3.05, 3.63) is 33.3 Å². The van der Waals surface area contributed by atoms with Gasteiger partial charge in [0.1, 0.15) is 0 Å². The molecule has 21 heavy (non-hydrogen) atoms. The van der Waals surface area contributed by atoms with Crippen LogP contribution in [0.4, 0.5) is 0 Å². The van der Waals surface area contributed by atoms with Crippen LogP contribution < -0.4 is 0 Å². The molecule has 1 aromatic rings. The molecule has 0 saturated carbocycles. The Bertz CT molecular complexity index is 454. The van der Waals surface area contributed by atoms with Crippen LogP contribution in [0.25, 0.3) is 0 Å². The zero-order valence-electron chi connectivity index (χ0n) is 13.7. The second-order valence-electron chi connectivity index (χ2n) is 5.87.